The molecule has 1 aliphatic rings. The van der Waals surface area contributed by atoms with Crippen molar-refractivity contribution in [3.05, 3.63) is 52.8 Å². The van der Waals surface area contributed by atoms with Crippen molar-refractivity contribution in [2.45, 2.75) is 31.8 Å². The molecule has 8 nitrogen and oxygen atoms in total. The van der Waals surface area contributed by atoms with E-state index in [1.165, 1.54) is 11.3 Å². The molecule has 4 rings (SSSR count). The Hall–Kier alpha value is -3.07. The van der Waals surface area contributed by atoms with E-state index < -0.39 is 6.04 Å². The van der Waals surface area contributed by atoms with Crippen LogP contribution in [0.5, 0.6) is 0 Å². The van der Waals surface area contributed by atoms with Crippen LogP contribution < -0.4 is 5.32 Å². The molecule has 1 atom stereocenters. The second-order valence-electron chi connectivity index (χ2n) is 6.45. The first-order valence-corrected chi connectivity index (χ1v) is 9.95. The number of pyridine rings is 1. The monoisotopic (exact) mass is 397 g/mol. The van der Waals surface area contributed by atoms with Crippen molar-refractivity contribution in [1.29, 1.82) is 0 Å². The van der Waals surface area contributed by atoms with E-state index in [4.69, 9.17) is 4.52 Å². The summed E-state index contributed by atoms with van der Waals surface area (Å²) in [6.45, 7) is 0.704. The maximum atomic E-state index is 12.7. The van der Waals surface area contributed by atoms with Gasteiger partial charge in [-0.3, -0.25) is 14.6 Å². The number of nitrogens with one attached hydrogen (secondary N) is 1. The lowest BCUT2D eigenvalue weighted by Gasteiger charge is -2.34. The van der Waals surface area contributed by atoms with E-state index in [9.17, 15) is 9.59 Å². The van der Waals surface area contributed by atoms with Gasteiger partial charge in [-0.2, -0.15) is 4.98 Å². The Bertz CT molecular complexity index is 942. The minimum absolute atomic E-state index is 0.0902. The van der Waals surface area contributed by atoms with Crippen LogP contribution in [0.15, 0.2) is 46.6 Å². The van der Waals surface area contributed by atoms with E-state index >= 15 is 0 Å². The summed E-state index contributed by atoms with van der Waals surface area (Å²) in [6, 6.07) is 6.71. The number of thiophene rings is 1. The largest absolute Gasteiger partial charge is 0.345 e. The molecule has 4 heterocycles. The standard InChI is InChI=1S/C19H19N5O3S/c25-18(14-4-1-2-10-24(14)19(26)15-5-3-11-28-15)21-12-16-22-17(23-27-16)13-6-8-20-9-7-13/h3,5-9,11,14H,1-2,4,10,12H2,(H,21,25). The fourth-order valence-corrected chi connectivity index (χ4v) is 3.89. The second-order valence-corrected chi connectivity index (χ2v) is 7.40. The number of rotatable bonds is 5. The molecule has 0 spiro atoms. The molecular weight excluding hydrogens is 378 g/mol. The third-order valence-corrected chi connectivity index (χ3v) is 5.48. The van der Waals surface area contributed by atoms with Gasteiger partial charge in [-0.05, 0) is 42.8 Å². The zero-order valence-corrected chi connectivity index (χ0v) is 15.9. The van der Waals surface area contributed by atoms with E-state index in [-0.39, 0.29) is 18.4 Å². The quantitative estimate of drug-likeness (QED) is 0.710. The average molecular weight is 397 g/mol. The Balaban J connectivity index is 1.40. The molecule has 1 N–H and O–H groups in total. The second kappa shape index (κ2) is 8.30. The topological polar surface area (TPSA) is 101 Å². The van der Waals surface area contributed by atoms with E-state index in [2.05, 4.69) is 20.4 Å². The maximum Gasteiger partial charge on any atom is 0.264 e. The van der Waals surface area contributed by atoms with Gasteiger partial charge < -0.3 is 14.7 Å². The molecule has 3 aromatic heterocycles. The Labute approximate surface area is 165 Å². The van der Waals surface area contributed by atoms with Gasteiger partial charge in [0, 0.05) is 24.5 Å². The molecule has 144 valence electrons. The predicted molar refractivity (Wildman–Crippen MR) is 102 cm³/mol. The van der Waals surface area contributed by atoms with Crippen molar-refractivity contribution in [2.75, 3.05) is 6.54 Å². The van der Waals surface area contributed by atoms with E-state index in [0.29, 0.717) is 29.6 Å². The number of hydrogen-bond acceptors (Lipinski definition) is 7. The smallest absolute Gasteiger partial charge is 0.264 e. The van der Waals surface area contributed by atoms with Crippen LogP contribution in [0.25, 0.3) is 11.4 Å². The first-order chi connectivity index (χ1) is 13.7. The van der Waals surface area contributed by atoms with Gasteiger partial charge in [-0.15, -0.1) is 11.3 Å². The van der Waals surface area contributed by atoms with Gasteiger partial charge in [0.25, 0.3) is 5.91 Å². The molecule has 28 heavy (non-hydrogen) atoms. The maximum absolute atomic E-state index is 12.7. The lowest BCUT2D eigenvalue weighted by molar-refractivity contribution is -0.126. The first-order valence-electron chi connectivity index (χ1n) is 9.07. The third kappa shape index (κ3) is 3.94. The summed E-state index contributed by atoms with van der Waals surface area (Å²) in [7, 11) is 0. The molecule has 0 aliphatic carbocycles. The summed E-state index contributed by atoms with van der Waals surface area (Å²) in [5.74, 6) is 0.465. The van der Waals surface area contributed by atoms with Crippen LogP contribution in [0, 0.1) is 0 Å². The minimum Gasteiger partial charge on any atom is -0.345 e. The summed E-state index contributed by atoms with van der Waals surface area (Å²) in [4.78, 5) is 36.0. The number of aromatic nitrogens is 3. The zero-order chi connectivity index (χ0) is 19.3. The lowest BCUT2D eigenvalue weighted by Crippen LogP contribution is -2.51. The van der Waals surface area contributed by atoms with Gasteiger partial charge in [-0.25, -0.2) is 0 Å². The average Bonchev–Trinajstić information content (AvgIpc) is 3.44. The van der Waals surface area contributed by atoms with Crippen LogP contribution >= 0.6 is 11.3 Å². The number of likely N-dealkylation sites (tertiary alicyclic amines) is 1. The number of carbonyl (C=O) groups excluding carboxylic acids is 2. The molecule has 1 saturated heterocycles. The van der Waals surface area contributed by atoms with Gasteiger partial charge in [-0.1, -0.05) is 11.2 Å². The molecule has 0 aromatic carbocycles. The zero-order valence-electron chi connectivity index (χ0n) is 15.1. The Morgan fingerprint density at radius 1 is 1.25 bits per heavy atom. The number of piperidine rings is 1. The van der Waals surface area contributed by atoms with Crippen LogP contribution in [0.4, 0.5) is 0 Å². The fraction of sp³-hybridized carbons (Fsp3) is 0.316. The van der Waals surface area contributed by atoms with Crippen molar-refractivity contribution < 1.29 is 14.1 Å². The third-order valence-electron chi connectivity index (χ3n) is 4.62. The van der Waals surface area contributed by atoms with E-state index in [1.54, 1.807) is 35.5 Å². The minimum atomic E-state index is -0.481. The number of nitrogens with zero attached hydrogens (tertiary/aromatic N) is 4. The highest BCUT2D eigenvalue weighted by atomic mass is 32.1. The van der Waals surface area contributed by atoms with Gasteiger partial charge in [0.2, 0.25) is 17.6 Å². The highest BCUT2D eigenvalue weighted by Gasteiger charge is 2.33. The van der Waals surface area contributed by atoms with Crippen molar-refractivity contribution in [1.82, 2.24) is 25.3 Å². The van der Waals surface area contributed by atoms with Crippen molar-refractivity contribution in [3.63, 3.8) is 0 Å². The van der Waals surface area contributed by atoms with Gasteiger partial charge in [0.1, 0.15) is 6.04 Å². The summed E-state index contributed by atoms with van der Waals surface area (Å²) >= 11 is 1.39. The van der Waals surface area contributed by atoms with Gasteiger partial charge in [0.05, 0.1) is 11.4 Å². The van der Waals surface area contributed by atoms with E-state index in [1.807, 2.05) is 11.4 Å². The summed E-state index contributed by atoms with van der Waals surface area (Å²) in [6.07, 6.45) is 5.76. The van der Waals surface area contributed by atoms with Crippen molar-refractivity contribution in [3.8, 4) is 11.4 Å². The molecule has 3 aromatic rings. The van der Waals surface area contributed by atoms with Crippen molar-refractivity contribution in [2.24, 2.45) is 0 Å². The molecule has 2 amide bonds. The van der Waals surface area contributed by atoms with Crippen LogP contribution in [0.2, 0.25) is 0 Å². The van der Waals surface area contributed by atoms with Crippen LogP contribution in [0.1, 0.15) is 34.8 Å². The summed E-state index contributed by atoms with van der Waals surface area (Å²) < 4.78 is 5.21. The molecule has 0 bridgehead atoms. The van der Waals surface area contributed by atoms with Gasteiger partial charge in [0.15, 0.2) is 0 Å². The van der Waals surface area contributed by atoms with Crippen molar-refractivity contribution >= 4 is 23.2 Å². The number of amides is 2. The Morgan fingerprint density at radius 3 is 2.89 bits per heavy atom. The Kier molecular flexibility index (Phi) is 5.43. The lowest BCUT2D eigenvalue weighted by atomic mass is 10.0. The summed E-state index contributed by atoms with van der Waals surface area (Å²) in [5, 5.41) is 8.61. The number of hydrogen-bond donors (Lipinski definition) is 1. The first kappa shape index (κ1) is 18.3. The van der Waals surface area contributed by atoms with E-state index in [0.717, 1.165) is 18.4 Å². The fourth-order valence-electron chi connectivity index (χ4n) is 3.21. The van der Waals surface area contributed by atoms with Crippen LogP contribution in [0.3, 0.4) is 0 Å². The van der Waals surface area contributed by atoms with Gasteiger partial charge >= 0.3 is 0 Å². The van der Waals surface area contributed by atoms with Crippen LogP contribution in [-0.2, 0) is 11.3 Å². The normalized spacial score (nSPS) is 16.7. The Morgan fingerprint density at radius 2 is 2.11 bits per heavy atom. The predicted octanol–water partition coefficient (Wildman–Crippen LogP) is 2.50. The van der Waals surface area contributed by atoms with Crippen LogP contribution in [-0.4, -0.2) is 44.4 Å². The molecule has 0 saturated carbocycles. The molecule has 1 unspecified atom stereocenters. The molecular formula is C19H19N5O3S. The number of carbonyl (C=O) groups is 2. The highest BCUT2D eigenvalue weighted by Crippen LogP contribution is 2.22. The molecule has 9 heteroatoms. The molecule has 1 fully saturated rings. The molecule has 1 aliphatic heterocycles. The molecule has 0 radical (unpaired) electrons. The SMILES string of the molecule is O=C(NCc1nc(-c2ccncc2)no1)C1CCCCN1C(=O)c1cccs1. The summed E-state index contributed by atoms with van der Waals surface area (Å²) in [5.41, 5.74) is 0.788. The highest BCUT2D eigenvalue weighted by molar-refractivity contribution is 7.12.